The van der Waals surface area contributed by atoms with Crippen molar-refractivity contribution < 1.29 is 19.4 Å². The van der Waals surface area contributed by atoms with Crippen molar-refractivity contribution in [3.8, 4) is 0 Å². The van der Waals surface area contributed by atoms with Gasteiger partial charge in [-0.3, -0.25) is 0 Å². The zero-order valence-corrected chi connectivity index (χ0v) is 13.4. The Kier molecular flexibility index (Phi) is 7.58. The molecular weight excluding hydrogens is 326 g/mol. The molecule has 0 aliphatic heterocycles. The van der Waals surface area contributed by atoms with Gasteiger partial charge in [0.15, 0.2) is 0 Å². The molecule has 1 N–H and O–H groups in total. The van der Waals surface area contributed by atoms with Crippen molar-refractivity contribution in [1.29, 1.82) is 0 Å². The second-order valence-electron chi connectivity index (χ2n) is 4.30. The summed E-state index contributed by atoms with van der Waals surface area (Å²) in [5, 5.41) is 8.98. The number of rotatable bonds is 9. The Morgan fingerprint density at radius 2 is 1.95 bits per heavy atom. The van der Waals surface area contributed by atoms with Crippen LogP contribution < -0.4 is 4.90 Å². The molecule has 6 heteroatoms. The highest BCUT2D eigenvalue weighted by Gasteiger charge is 2.12. The van der Waals surface area contributed by atoms with Gasteiger partial charge in [0.05, 0.1) is 17.9 Å². The van der Waals surface area contributed by atoms with E-state index in [1.54, 1.807) is 26.4 Å². The highest BCUT2D eigenvalue weighted by atomic mass is 79.9. The molecule has 0 bridgehead atoms. The van der Waals surface area contributed by atoms with Crippen LogP contribution in [0.1, 0.15) is 16.8 Å². The lowest BCUT2D eigenvalue weighted by Gasteiger charge is -2.25. The number of halogens is 1. The largest absolute Gasteiger partial charge is 0.478 e. The SMILES string of the molecule is COCCCN(CCOC)c1ccc(C(=O)O)cc1Br. The summed E-state index contributed by atoms with van der Waals surface area (Å²) in [6.45, 7) is 2.86. The summed E-state index contributed by atoms with van der Waals surface area (Å²) in [5.74, 6) is -0.930. The summed E-state index contributed by atoms with van der Waals surface area (Å²) in [4.78, 5) is 13.1. The van der Waals surface area contributed by atoms with Crippen molar-refractivity contribution in [3.05, 3.63) is 28.2 Å². The molecule has 0 atom stereocenters. The molecule has 20 heavy (non-hydrogen) atoms. The van der Waals surface area contributed by atoms with Crippen molar-refractivity contribution in [2.45, 2.75) is 6.42 Å². The van der Waals surface area contributed by atoms with E-state index in [2.05, 4.69) is 20.8 Å². The molecule has 1 rings (SSSR count). The van der Waals surface area contributed by atoms with Gasteiger partial charge in [-0.25, -0.2) is 4.79 Å². The minimum atomic E-state index is -0.930. The molecule has 0 radical (unpaired) electrons. The lowest BCUT2D eigenvalue weighted by Crippen LogP contribution is -2.29. The summed E-state index contributed by atoms with van der Waals surface area (Å²) in [6.07, 6.45) is 0.896. The third-order valence-corrected chi connectivity index (χ3v) is 3.51. The van der Waals surface area contributed by atoms with Crippen LogP contribution in [0.15, 0.2) is 22.7 Å². The van der Waals surface area contributed by atoms with Crippen LogP contribution in [0.2, 0.25) is 0 Å². The molecule has 0 heterocycles. The number of anilines is 1. The summed E-state index contributed by atoms with van der Waals surface area (Å²) < 4.78 is 11.0. The Morgan fingerprint density at radius 1 is 1.25 bits per heavy atom. The molecule has 0 unspecified atom stereocenters. The van der Waals surface area contributed by atoms with Crippen molar-refractivity contribution in [3.63, 3.8) is 0 Å². The van der Waals surface area contributed by atoms with Gasteiger partial charge in [0.25, 0.3) is 0 Å². The number of carboxylic acid groups (broad SMARTS) is 1. The Hall–Kier alpha value is -1.11. The Labute approximate surface area is 127 Å². The quantitative estimate of drug-likeness (QED) is 0.697. The van der Waals surface area contributed by atoms with Crippen LogP contribution in [0.4, 0.5) is 5.69 Å². The van der Waals surface area contributed by atoms with E-state index in [0.29, 0.717) is 13.2 Å². The molecule has 0 aromatic heterocycles. The molecule has 0 saturated heterocycles. The van der Waals surface area contributed by atoms with Gasteiger partial charge in [-0.2, -0.15) is 0 Å². The van der Waals surface area contributed by atoms with E-state index >= 15 is 0 Å². The monoisotopic (exact) mass is 345 g/mol. The fourth-order valence-electron chi connectivity index (χ4n) is 1.85. The summed E-state index contributed by atoms with van der Waals surface area (Å²) in [5.41, 5.74) is 1.23. The van der Waals surface area contributed by atoms with Crippen LogP contribution in [-0.4, -0.2) is 51.6 Å². The number of ether oxygens (including phenoxy) is 2. The van der Waals surface area contributed by atoms with Crippen molar-refractivity contribution >= 4 is 27.6 Å². The average molecular weight is 346 g/mol. The third kappa shape index (κ3) is 5.11. The van der Waals surface area contributed by atoms with Gasteiger partial charge >= 0.3 is 5.97 Å². The second-order valence-corrected chi connectivity index (χ2v) is 5.15. The first-order valence-electron chi connectivity index (χ1n) is 6.35. The number of hydrogen-bond acceptors (Lipinski definition) is 4. The van der Waals surface area contributed by atoms with Gasteiger partial charge in [0, 0.05) is 38.4 Å². The van der Waals surface area contributed by atoms with Crippen molar-refractivity contribution in [2.24, 2.45) is 0 Å². The summed E-state index contributed by atoms with van der Waals surface area (Å²) in [7, 11) is 3.34. The minimum Gasteiger partial charge on any atom is -0.478 e. The van der Waals surface area contributed by atoms with Crippen LogP contribution in [0.25, 0.3) is 0 Å². The van der Waals surface area contributed by atoms with Crippen LogP contribution >= 0.6 is 15.9 Å². The van der Waals surface area contributed by atoms with Gasteiger partial charge in [-0.05, 0) is 40.5 Å². The number of benzene rings is 1. The number of hydrogen-bond donors (Lipinski definition) is 1. The Balaban J connectivity index is 2.85. The molecule has 0 saturated carbocycles. The maximum absolute atomic E-state index is 10.9. The highest BCUT2D eigenvalue weighted by Crippen LogP contribution is 2.27. The number of carbonyl (C=O) groups is 1. The molecule has 0 aliphatic carbocycles. The first-order chi connectivity index (χ1) is 9.60. The number of methoxy groups -OCH3 is 2. The predicted octanol–water partition coefficient (Wildman–Crippen LogP) is 2.64. The Morgan fingerprint density at radius 3 is 2.50 bits per heavy atom. The van der Waals surface area contributed by atoms with Gasteiger partial charge in [0.1, 0.15) is 0 Å². The van der Waals surface area contributed by atoms with E-state index in [1.165, 1.54) is 0 Å². The van der Waals surface area contributed by atoms with E-state index in [1.807, 2.05) is 6.07 Å². The normalized spacial score (nSPS) is 10.6. The maximum Gasteiger partial charge on any atom is 0.335 e. The molecule has 0 fully saturated rings. The topological polar surface area (TPSA) is 59.0 Å². The second kappa shape index (κ2) is 8.94. The molecule has 1 aromatic carbocycles. The average Bonchev–Trinajstić information content (AvgIpc) is 2.43. The van der Waals surface area contributed by atoms with Crippen LogP contribution in [-0.2, 0) is 9.47 Å². The molecule has 0 amide bonds. The molecule has 112 valence electrons. The summed E-state index contributed by atoms with van der Waals surface area (Å²) >= 11 is 3.44. The lowest BCUT2D eigenvalue weighted by atomic mass is 10.2. The van der Waals surface area contributed by atoms with Crippen molar-refractivity contribution in [1.82, 2.24) is 0 Å². The number of nitrogens with zero attached hydrogens (tertiary/aromatic N) is 1. The van der Waals surface area contributed by atoms with Gasteiger partial charge in [-0.15, -0.1) is 0 Å². The van der Waals surface area contributed by atoms with E-state index in [4.69, 9.17) is 14.6 Å². The maximum atomic E-state index is 10.9. The van der Waals surface area contributed by atoms with Crippen LogP contribution in [0, 0.1) is 0 Å². The van der Waals surface area contributed by atoms with Gasteiger partial charge < -0.3 is 19.5 Å². The molecule has 0 aliphatic rings. The van der Waals surface area contributed by atoms with E-state index in [-0.39, 0.29) is 5.56 Å². The van der Waals surface area contributed by atoms with E-state index in [0.717, 1.165) is 29.7 Å². The standard InChI is InChI=1S/C14H20BrNO4/c1-19-8-3-6-16(7-9-20-2)13-5-4-11(14(17)18)10-12(13)15/h4-5,10H,3,6-9H2,1-2H3,(H,17,18). The third-order valence-electron chi connectivity index (χ3n) is 2.88. The zero-order valence-electron chi connectivity index (χ0n) is 11.8. The number of aromatic carboxylic acids is 1. The van der Waals surface area contributed by atoms with E-state index < -0.39 is 5.97 Å². The molecular formula is C14H20BrNO4. The molecule has 1 aromatic rings. The highest BCUT2D eigenvalue weighted by molar-refractivity contribution is 9.10. The van der Waals surface area contributed by atoms with Crippen LogP contribution in [0.5, 0.6) is 0 Å². The first-order valence-corrected chi connectivity index (χ1v) is 7.15. The number of carboxylic acids is 1. The first kappa shape index (κ1) is 16.9. The zero-order chi connectivity index (χ0) is 15.0. The minimum absolute atomic E-state index is 0.268. The predicted molar refractivity (Wildman–Crippen MR) is 81.7 cm³/mol. The summed E-state index contributed by atoms with van der Waals surface area (Å²) in [6, 6.07) is 5.04. The van der Waals surface area contributed by atoms with Crippen LogP contribution in [0.3, 0.4) is 0 Å². The fraction of sp³-hybridized carbons (Fsp3) is 0.500. The van der Waals surface area contributed by atoms with Crippen molar-refractivity contribution in [2.75, 3.05) is 45.4 Å². The molecule has 0 spiro atoms. The fourth-order valence-corrected chi connectivity index (χ4v) is 2.48. The Bertz CT molecular complexity index is 439. The lowest BCUT2D eigenvalue weighted by molar-refractivity contribution is 0.0697. The molecule has 5 nitrogen and oxygen atoms in total. The smallest absolute Gasteiger partial charge is 0.335 e. The van der Waals surface area contributed by atoms with Gasteiger partial charge in [-0.1, -0.05) is 0 Å². The van der Waals surface area contributed by atoms with Gasteiger partial charge in [0.2, 0.25) is 0 Å². The van der Waals surface area contributed by atoms with E-state index in [9.17, 15) is 4.79 Å².